The maximum absolute atomic E-state index is 14.2. The summed E-state index contributed by atoms with van der Waals surface area (Å²) in [6, 6.07) is 18.5. The maximum Gasteiger partial charge on any atom is 0.278 e. The van der Waals surface area contributed by atoms with Gasteiger partial charge in [-0.25, -0.2) is 4.39 Å². The molecule has 4 nitrogen and oxygen atoms in total. The van der Waals surface area contributed by atoms with Crippen molar-refractivity contribution in [3.63, 3.8) is 0 Å². The molecule has 31 heavy (non-hydrogen) atoms. The molecule has 0 bridgehead atoms. The van der Waals surface area contributed by atoms with Gasteiger partial charge in [0.1, 0.15) is 11.5 Å². The molecule has 0 unspecified atom stereocenters. The average molecular weight is 435 g/mol. The number of carbonyl (C=O) groups is 2. The topological polar surface area (TPSA) is 49.4 Å². The van der Waals surface area contributed by atoms with E-state index in [0.29, 0.717) is 10.6 Å². The Bertz CT molecular complexity index is 1220. The summed E-state index contributed by atoms with van der Waals surface area (Å²) in [5, 5.41) is 3.69. The summed E-state index contributed by atoms with van der Waals surface area (Å²) in [6.07, 6.45) is 0. The summed E-state index contributed by atoms with van der Waals surface area (Å²) in [7, 11) is 0. The minimum Gasteiger partial charge on any atom is -0.350 e. The zero-order valence-electron chi connectivity index (χ0n) is 17.1. The van der Waals surface area contributed by atoms with Gasteiger partial charge in [0, 0.05) is 16.3 Å². The van der Waals surface area contributed by atoms with Gasteiger partial charge in [-0.05, 0) is 54.8 Å². The molecule has 4 rings (SSSR count). The van der Waals surface area contributed by atoms with E-state index < -0.39 is 17.6 Å². The van der Waals surface area contributed by atoms with Gasteiger partial charge in [0.05, 0.1) is 12.1 Å². The average Bonchev–Trinajstić information content (AvgIpc) is 2.98. The number of hydrogen-bond donors (Lipinski definition) is 1. The van der Waals surface area contributed by atoms with E-state index in [1.807, 2.05) is 32.0 Å². The largest absolute Gasteiger partial charge is 0.350 e. The van der Waals surface area contributed by atoms with E-state index in [2.05, 4.69) is 5.32 Å². The van der Waals surface area contributed by atoms with Crippen molar-refractivity contribution in [2.75, 3.05) is 5.32 Å². The van der Waals surface area contributed by atoms with Crippen molar-refractivity contribution in [1.82, 2.24) is 4.90 Å². The number of nitrogens with zero attached hydrogens (tertiary/aromatic N) is 1. The number of amides is 2. The first kappa shape index (κ1) is 20.8. The first-order chi connectivity index (χ1) is 14.9. The fraction of sp³-hybridized carbons (Fsp3) is 0.120. The SMILES string of the molecule is Cc1cccc(NC2=C(c3ccc(Cl)cc3)C(=O)N(Cc3ccccc3F)C2=O)c1C. The van der Waals surface area contributed by atoms with Crippen LogP contribution < -0.4 is 5.32 Å². The van der Waals surface area contributed by atoms with Gasteiger partial charge in [-0.15, -0.1) is 0 Å². The number of imide groups is 1. The summed E-state index contributed by atoms with van der Waals surface area (Å²) in [4.78, 5) is 27.7. The molecule has 0 aliphatic carbocycles. The predicted octanol–water partition coefficient (Wildman–Crippen LogP) is 5.49. The summed E-state index contributed by atoms with van der Waals surface area (Å²) in [6.45, 7) is 3.76. The van der Waals surface area contributed by atoms with Crippen molar-refractivity contribution < 1.29 is 14.0 Å². The van der Waals surface area contributed by atoms with Crippen LogP contribution in [-0.4, -0.2) is 16.7 Å². The molecule has 3 aromatic carbocycles. The van der Waals surface area contributed by atoms with Crippen LogP contribution in [0.4, 0.5) is 10.1 Å². The van der Waals surface area contributed by atoms with Crippen molar-refractivity contribution in [3.05, 3.63) is 106 Å². The third kappa shape index (κ3) is 3.97. The van der Waals surface area contributed by atoms with Gasteiger partial charge in [-0.1, -0.05) is 54.1 Å². The van der Waals surface area contributed by atoms with Crippen molar-refractivity contribution in [2.45, 2.75) is 20.4 Å². The lowest BCUT2D eigenvalue weighted by molar-refractivity contribution is -0.137. The van der Waals surface area contributed by atoms with Crippen molar-refractivity contribution >= 4 is 34.7 Å². The summed E-state index contributed by atoms with van der Waals surface area (Å²) < 4.78 is 14.2. The lowest BCUT2D eigenvalue weighted by Gasteiger charge is -2.16. The second kappa shape index (κ2) is 8.36. The smallest absolute Gasteiger partial charge is 0.278 e. The van der Waals surface area contributed by atoms with Gasteiger partial charge in [0.2, 0.25) is 0 Å². The zero-order valence-corrected chi connectivity index (χ0v) is 17.8. The number of benzene rings is 3. The molecule has 0 aromatic heterocycles. The molecule has 1 N–H and O–H groups in total. The summed E-state index contributed by atoms with van der Waals surface area (Å²) in [5.74, 6) is -1.45. The highest BCUT2D eigenvalue weighted by Crippen LogP contribution is 2.33. The fourth-order valence-electron chi connectivity index (χ4n) is 3.54. The monoisotopic (exact) mass is 434 g/mol. The number of anilines is 1. The van der Waals surface area contributed by atoms with E-state index in [4.69, 9.17) is 11.6 Å². The highest BCUT2D eigenvalue weighted by molar-refractivity contribution is 6.36. The Labute approximate surface area is 185 Å². The maximum atomic E-state index is 14.2. The summed E-state index contributed by atoms with van der Waals surface area (Å²) in [5.41, 5.74) is 3.99. The van der Waals surface area contributed by atoms with Crippen LogP contribution in [0.3, 0.4) is 0 Å². The minimum absolute atomic E-state index is 0.153. The van der Waals surface area contributed by atoms with Crippen molar-refractivity contribution in [3.8, 4) is 0 Å². The molecule has 0 fully saturated rings. The predicted molar refractivity (Wildman–Crippen MR) is 120 cm³/mol. The number of halogens is 2. The number of hydrogen-bond acceptors (Lipinski definition) is 3. The van der Waals surface area contributed by atoms with E-state index >= 15 is 0 Å². The van der Waals surface area contributed by atoms with Gasteiger partial charge in [-0.2, -0.15) is 0 Å². The molecule has 0 spiro atoms. The molecule has 1 heterocycles. The first-order valence-electron chi connectivity index (χ1n) is 9.80. The molecule has 0 radical (unpaired) electrons. The molecule has 0 saturated carbocycles. The highest BCUT2D eigenvalue weighted by Gasteiger charge is 2.39. The van der Waals surface area contributed by atoms with Gasteiger partial charge in [-0.3, -0.25) is 14.5 Å². The number of nitrogens with one attached hydrogen (secondary N) is 1. The molecule has 1 aliphatic rings. The van der Waals surface area contributed by atoms with E-state index in [1.165, 1.54) is 6.07 Å². The van der Waals surface area contributed by atoms with Gasteiger partial charge in [0.25, 0.3) is 11.8 Å². The van der Waals surface area contributed by atoms with Crippen LogP contribution in [0.5, 0.6) is 0 Å². The molecule has 3 aromatic rings. The van der Waals surface area contributed by atoms with Crippen LogP contribution in [0.15, 0.2) is 72.4 Å². The Hall–Kier alpha value is -3.44. The molecular weight excluding hydrogens is 415 g/mol. The van der Waals surface area contributed by atoms with Crippen LogP contribution in [0, 0.1) is 19.7 Å². The van der Waals surface area contributed by atoms with E-state index in [9.17, 15) is 14.0 Å². The number of carbonyl (C=O) groups excluding carboxylic acids is 2. The molecule has 1 aliphatic heterocycles. The Kier molecular flexibility index (Phi) is 5.61. The van der Waals surface area contributed by atoms with Crippen molar-refractivity contribution in [2.24, 2.45) is 0 Å². The normalized spacial score (nSPS) is 13.9. The number of aryl methyl sites for hydroxylation is 1. The lowest BCUT2D eigenvalue weighted by Crippen LogP contribution is -2.32. The third-order valence-corrected chi connectivity index (χ3v) is 5.70. The molecule has 0 saturated heterocycles. The molecule has 6 heteroatoms. The van der Waals surface area contributed by atoms with Gasteiger partial charge >= 0.3 is 0 Å². The third-order valence-electron chi connectivity index (χ3n) is 5.45. The molecule has 156 valence electrons. The standard InChI is InChI=1S/C25H20ClFN2O2/c1-15-6-5-9-21(16(15)2)28-23-22(17-10-12-19(26)13-11-17)24(30)29(25(23)31)14-18-7-3-4-8-20(18)27/h3-13,28H,14H2,1-2H3. The minimum atomic E-state index is -0.501. The molecule has 2 amide bonds. The van der Waals surface area contributed by atoms with E-state index in [1.54, 1.807) is 42.5 Å². The van der Waals surface area contributed by atoms with Crippen molar-refractivity contribution in [1.29, 1.82) is 0 Å². The Morgan fingerprint density at radius 1 is 0.903 bits per heavy atom. The Morgan fingerprint density at radius 2 is 1.61 bits per heavy atom. The van der Waals surface area contributed by atoms with Gasteiger partial charge < -0.3 is 5.32 Å². The van der Waals surface area contributed by atoms with Crippen LogP contribution >= 0.6 is 11.6 Å². The van der Waals surface area contributed by atoms with E-state index in [0.717, 1.165) is 21.7 Å². The molecular formula is C25H20ClFN2O2. The van der Waals surface area contributed by atoms with Crippen LogP contribution in [-0.2, 0) is 16.1 Å². The van der Waals surface area contributed by atoms with Crippen LogP contribution in [0.25, 0.3) is 5.57 Å². The zero-order chi connectivity index (χ0) is 22.1. The molecule has 0 atom stereocenters. The van der Waals surface area contributed by atoms with Crippen LogP contribution in [0.2, 0.25) is 5.02 Å². The summed E-state index contributed by atoms with van der Waals surface area (Å²) >= 11 is 6.01. The van der Waals surface area contributed by atoms with Crippen LogP contribution in [0.1, 0.15) is 22.3 Å². The number of rotatable bonds is 5. The Morgan fingerprint density at radius 3 is 2.32 bits per heavy atom. The first-order valence-corrected chi connectivity index (χ1v) is 10.2. The highest BCUT2D eigenvalue weighted by atomic mass is 35.5. The Balaban J connectivity index is 1.78. The second-order valence-corrected chi connectivity index (χ2v) is 7.85. The second-order valence-electron chi connectivity index (χ2n) is 7.42. The van der Waals surface area contributed by atoms with Gasteiger partial charge in [0.15, 0.2) is 0 Å². The van der Waals surface area contributed by atoms with E-state index in [-0.39, 0.29) is 23.4 Å². The fourth-order valence-corrected chi connectivity index (χ4v) is 3.66. The quantitative estimate of drug-likeness (QED) is 0.540. The lowest BCUT2D eigenvalue weighted by atomic mass is 10.0.